The lowest BCUT2D eigenvalue weighted by Gasteiger charge is -2.22. The lowest BCUT2D eigenvalue weighted by molar-refractivity contribution is -0.0500. The molecule has 1 aliphatic heterocycles. The Morgan fingerprint density at radius 3 is 2.48 bits per heavy atom. The highest BCUT2D eigenvalue weighted by Crippen LogP contribution is 2.41. The van der Waals surface area contributed by atoms with Crippen molar-refractivity contribution in [2.75, 3.05) is 7.11 Å². The fourth-order valence-electron chi connectivity index (χ4n) is 2.48. The summed E-state index contributed by atoms with van der Waals surface area (Å²) in [4.78, 5) is 11.5. The number of rotatable bonds is 3. The fourth-order valence-corrected chi connectivity index (χ4v) is 2.93. The standard InChI is InChI=1S/C16H10F4O6S/c1-24-15(21)12-6-14-11(5-13(12)17)10-3-2-9(4-8(10)7-25-14)26-27(22,23)16(18,19)20/h2-6H,7H2,1H3. The van der Waals surface area contributed by atoms with Crippen LogP contribution in [0, 0.1) is 5.82 Å². The summed E-state index contributed by atoms with van der Waals surface area (Å²) in [6.45, 7) is -0.155. The zero-order chi connectivity index (χ0) is 20.0. The number of carbonyl (C=O) groups excluding carboxylic acids is 1. The van der Waals surface area contributed by atoms with Crippen molar-refractivity contribution in [1.29, 1.82) is 0 Å². The zero-order valence-corrected chi connectivity index (χ0v) is 14.3. The molecule has 0 atom stereocenters. The average molecular weight is 406 g/mol. The zero-order valence-electron chi connectivity index (χ0n) is 13.5. The number of methoxy groups -OCH3 is 1. The van der Waals surface area contributed by atoms with E-state index in [1.54, 1.807) is 0 Å². The second kappa shape index (κ2) is 6.41. The van der Waals surface area contributed by atoms with Crippen LogP contribution in [0.3, 0.4) is 0 Å². The summed E-state index contributed by atoms with van der Waals surface area (Å²) in [5.41, 5.74) is -4.99. The molecule has 0 N–H and O–H groups in total. The van der Waals surface area contributed by atoms with Crippen molar-refractivity contribution in [3.63, 3.8) is 0 Å². The normalized spacial score (nSPS) is 13.2. The highest BCUT2D eigenvalue weighted by Gasteiger charge is 2.48. The molecule has 144 valence electrons. The number of halogens is 4. The third-order valence-corrected chi connectivity index (χ3v) is 4.69. The molecule has 0 spiro atoms. The van der Waals surface area contributed by atoms with Crippen LogP contribution in [0.5, 0.6) is 11.5 Å². The summed E-state index contributed by atoms with van der Waals surface area (Å²) in [6, 6.07) is 5.50. The first-order chi connectivity index (χ1) is 12.5. The van der Waals surface area contributed by atoms with Crippen LogP contribution < -0.4 is 8.92 Å². The van der Waals surface area contributed by atoms with Crippen LogP contribution >= 0.6 is 0 Å². The van der Waals surface area contributed by atoms with Gasteiger partial charge in [0.05, 0.1) is 12.7 Å². The Balaban J connectivity index is 2.00. The van der Waals surface area contributed by atoms with Gasteiger partial charge in [-0.3, -0.25) is 0 Å². The lowest BCUT2D eigenvalue weighted by atomic mass is 9.95. The molecule has 2 aromatic carbocycles. The maximum Gasteiger partial charge on any atom is 0.534 e. The van der Waals surface area contributed by atoms with Crippen LogP contribution in [0.2, 0.25) is 0 Å². The Hall–Kier alpha value is -2.82. The van der Waals surface area contributed by atoms with E-state index in [0.29, 0.717) is 5.56 Å². The summed E-state index contributed by atoms with van der Waals surface area (Å²) in [7, 11) is -4.72. The molecule has 0 fully saturated rings. The molecule has 0 saturated carbocycles. The third-order valence-electron chi connectivity index (χ3n) is 3.71. The Morgan fingerprint density at radius 2 is 1.85 bits per heavy atom. The topological polar surface area (TPSA) is 78.9 Å². The summed E-state index contributed by atoms with van der Waals surface area (Å²) in [5, 5.41) is 0. The predicted molar refractivity (Wildman–Crippen MR) is 83.1 cm³/mol. The van der Waals surface area contributed by atoms with Gasteiger partial charge in [0.15, 0.2) is 0 Å². The van der Waals surface area contributed by atoms with Crippen LogP contribution in [0.1, 0.15) is 15.9 Å². The highest BCUT2D eigenvalue weighted by atomic mass is 32.2. The van der Waals surface area contributed by atoms with Gasteiger partial charge in [-0.25, -0.2) is 9.18 Å². The number of hydrogen-bond acceptors (Lipinski definition) is 6. The van der Waals surface area contributed by atoms with E-state index in [1.165, 1.54) is 6.07 Å². The molecular weight excluding hydrogens is 396 g/mol. The first kappa shape index (κ1) is 19.0. The molecule has 27 heavy (non-hydrogen) atoms. The number of alkyl halides is 3. The van der Waals surface area contributed by atoms with Gasteiger partial charge in [-0.1, -0.05) is 6.07 Å². The SMILES string of the molecule is COC(=O)c1cc2c(cc1F)-c1ccc(OS(=O)(=O)C(F)(F)F)cc1CO2. The van der Waals surface area contributed by atoms with Gasteiger partial charge in [-0.2, -0.15) is 21.6 Å². The second-order valence-corrected chi connectivity index (χ2v) is 6.95. The van der Waals surface area contributed by atoms with E-state index < -0.39 is 33.2 Å². The number of benzene rings is 2. The summed E-state index contributed by atoms with van der Waals surface area (Å²) in [6.07, 6.45) is 0. The summed E-state index contributed by atoms with van der Waals surface area (Å²) in [5.74, 6) is -2.17. The molecule has 0 aromatic heterocycles. The summed E-state index contributed by atoms with van der Waals surface area (Å²) >= 11 is 0. The molecule has 0 aliphatic carbocycles. The molecule has 11 heteroatoms. The maximum absolute atomic E-state index is 14.2. The van der Waals surface area contributed by atoms with E-state index >= 15 is 0 Å². The number of hydrogen-bond donors (Lipinski definition) is 0. The fraction of sp³-hybridized carbons (Fsp3) is 0.188. The van der Waals surface area contributed by atoms with Gasteiger partial charge in [0.2, 0.25) is 0 Å². The van der Waals surface area contributed by atoms with E-state index in [-0.39, 0.29) is 29.0 Å². The number of ether oxygens (including phenoxy) is 2. The predicted octanol–water partition coefficient (Wildman–Crippen LogP) is 3.40. The molecule has 1 heterocycles. The first-order valence-electron chi connectivity index (χ1n) is 7.22. The van der Waals surface area contributed by atoms with Gasteiger partial charge < -0.3 is 13.7 Å². The molecule has 0 amide bonds. The van der Waals surface area contributed by atoms with Crippen molar-refractivity contribution in [1.82, 2.24) is 0 Å². The van der Waals surface area contributed by atoms with Crippen LogP contribution in [-0.2, 0) is 21.5 Å². The van der Waals surface area contributed by atoms with Crippen LogP contribution in [0.15, 0.2) is 30.3 Å². The van der Waals surface area contributed by atoms with Gasteiger partial charge in [0.1, 0.15) is 23.9 Å². The van der Waals surface area contributed by atoms with Crippen molar-refractivity contribution in [2.45, 2.75) is 12.1 Å². The average Bonchev–Trinajstić information content (AvgIpc) is 2.59. The molecule has 0 radical (unpaired) electrons. The molecule has 0 saturated heterocycles. The largest absolute Gasteiger partial charge is 0.534 e. The number of esters is 1. The quantitative estimate of drug-likeness (QED) is 0.337. The van der Waals surface area contributed by atoms with Crippen molar-refractivity contribution in [2.24, 2.45) is 0 Å². The molecule has 0 bridgehead atoms. The molecule has 1 aliphatic rings. The number of carbonyl (C=O) groups is 1. The second-order valence-electron chi connectivity index (χ2n) is 5.41. The van der Waals surface area contributed by atoms with Crippen LogP contribution in [0.4, 0.5) is 17.6 Å². The lowest BCUT2D eigenvalue weighted by Crippen LogP contribution is -2.28. The first-order valence-corrected chi connectivity index (χ1v) is 8.63. The van der Waals surface area contributed by atoms with Gasteiger partial charge in [0, 0.05) is 11.1 Å². The van der Waals surface area contributed by atoms with E-state index in [0.717, 1.165) is 31.4 Å². The maximum atomic E-state index is 14.2. The molecule has 3 rings (SSSR count). The van der Waals surface area contributed by atoms with Crippen LogP contribution in [-0.4, -0.2) is 27.0 Å². The van der Waals surface area contributed by atoms with Gasteiger partial charge in [0.25, 0.3) is 0 Å². The minimum absolute atomic E-state index is 0.155. The Kier molecular flexibility index (Phi) is 4.50. The smallest absolute Gasteiger partial charge is 0.488 e. The summed E-state index contributed by atoms with van der Waals surface area (Å²) < 4.78 is 87.5. The Morgan fingerprint density at radius 1 is 1.15 bits per heavy atom. The van der Waals surface area contributed by atoms with E-state index in [2.05, 4.69) is 8.92 Å². The van der Waals surface area contributed by atoms with Gasteiger partial charge in [-0.05, 0) is 29.8 Å². The van der Waals surface area contributed by atoms with Crippen molar-refractivity contribution < 1.29 is 44.4 Å². The highest BCUT2D eigenvalue weighted by molar-refractivity contribution is 7.88. The van der Waals surface area contributed by atoms with Gasteiger partial charge in [-0.15, -0.1) is 0 Å². The number of fused-ring (bicyclic) bond motifs is 3. The van der Waals surface area contributed by atoms with Crippen molar-refractivity contribution in [3.05, 3.63) is 47.3 Å². The van der Waals surface area contributed by atoms with Crippen molar-refractivity contribution >= 4 is 16.1 Å². The van der Waals surface area contributed by atoms with Gasteiger partial charge >= 0.3 is 21.6 Å². The minimum atomic E-state index is -5.81. The monoisotopic (exact) mass is 406 g/mol. The minimum Gasteiger partial charge on any atom is -0.488 e. The molecule has 0 unspecified atom stereocenters. The Labute approximate surface area is 150 Å². The van der Waals surface area contributed by atoms with E-state index in [1.807, 2.05) is 0 Å². The molecular formula is C16H10F4O6S. The molecule has 6 nitrogen and oxygen atoms in total. The third kappa shape index (κ3) is 3.42. The Bertz CT molecular complexity index is 1030. The van der Waals surface area contributed by atoms with E-state index in [4.69, 9.17) is 4.74 Å². The van der Waals surface area contributed by atoms with E-state index in [9.17, 15) is 30.8 Å². The van der Waals surface area contributed by atoms with Crippen molar-refractivity contribution in [3.8, 4) is 22.6 Å². The van der Waals surface area contributed by atoms with Crippen LogP contribution in [0.25, 0.3) is 11.1 Å². The molecule has 2 aromatic rings.